The van der Waals surface area contributed by atoms with Crippen molar-refractivity contribution in [3.05, 3.63) is 40.7 Å². The minimum atomic E-state index is -3.60. The van der Waals surface area contributed by atoms with E-state index in [-0.39, 0.29) is 12.3 Å². The van der Waals surface area contributed by atoms with Gasteiger partial charge in [0.1, 0.15) is 9.97 Å². The molecule has 0 saturated heterocycles. The van der Waals surface area contributed by atoms with E-state index in [1.807, 2.05) is 6.07 Å². The Morgan fingerprint density at radius 3 is 2.73 bits per heavy atom. The number of rotatable bonds is 6. The molecule has 0 unspecified atom stereocenters. The number of thiophene rings is 1. The predicted molar refractivity (Wildman–Crippen MR) is 80.6 cm³/mol. The number of carboxylic acid groups (broad SMARTS) is 1. The molecule has 0 atom stereocenters. The van der Waals surface area contributed by atoms with Crippen LogP contribution < -0.4 is 0 Å². The summed E-state index contributed by atoms with van der Waals surface area (Å²) in [5.41, 5.74) is 0.891. The van der Waals surface area contributed by atoms with Crippen molar-refractivity contribution in [3.8, 4) is 0 Å². The monoisotopic (exact) mass is 341 g/mol. The van der Waals surface area contributed by atoms with Gasteiger partial charge in [-0.05, 0) is 47.9 Å². The Morgan fingerprint density at radius 1 is 1.41 bits per heavy atom. The second kappa shape index (κ2) is 5.53. The van der Waals surface area contributed by atoms with Crippen LogP contribution in [0.25, 0.3) is 0 Å². The second-order valence-electron chi connectivity index (χ2n) is 5.27. The van der Waals surface area contributed by atoms with Gasteiger partial charge in [0.05, 0.1) is 6.54 Å². The second-order valence-corrected chi connectivity index (χ2v) is 8.43. The highest BCUT2D eigenvalue weighted by Crippen LogP contribution is 2.45. The van der Waals surface area contributed by atoms with Gasteiger partial charge in [-0.25, -0.2) is 13.2 Å². The van der Waals surface area contributed by atoms with Crippen LogP contribution in [0.2, 0.25) is 0 Å². The summed E-state index contributed by atoms with van der Waals surface area (Å²) in [6.45, 7) is -0.00236. The maximum absolute atomic E-state index is 12.7. The molecule has 3 rings (SSSR count). The van der Waals surface area contributed by atoms with Crippen molar-refractivity contribution in [3.63, 3.8) is 0 Å². The van der Waals surface area contributed by atoms with E-state index in [9.17, 15) is 13.2 Å². The SMILES string of the molecule is CN(Cc1ccc(C(=O)O)o1)S(=O)(=O)c1sccc1C1CC1. The van der Waals surface area contributed by atoms with Gasteiger partial charge in [-0.1, -0.05) is 0 Å². The first-order valence-electron chi connectivity index (χ1n) is 6.75. The van der Waals surface area contributed by atoms with Gasteiger partial charge in [0.25, 0.3) is 10.0 Å². The lowest BCUT2D eigenvalue weighted by atomic mass is 10.2. The van der Waals surface area contributed by atoms with Crippen LogP contribution in [0.3, 0.4) is 0 Å². The summed E-state index contributed by atoms with van der Waals surface area (Å²) in [5, 5.41) is 10.6. The molecular weight excluding hydrogens is 326 g/mol. The average molecular weight is 341 g/mol. The van der Waals surface area contributed by atoms with Gasteiger partial charge < -0.3 is 9.52 Å². The van der Waals surface area contributed by atoms with Crippen LogP contribution in [0.1, 0.15) is 40.6 Å². The molecule has 1 fully saturated rings. The Balaban J connectivity index is 1.81. The third-order valence-electron chi connectivity index (χ3n) is 3.57. The lowest BCUT2D eigenvalue weighted by molar-refractivity contribution is 0.0659. The van der Waals surface area contributed by atoms with Crippen molar-refractivity contribution >= 4 is 27.3 Å². The maximum Gasteiger partial charge on any atom is 0.371 e. The molecule has 2 aromatic heterocycles. The Kier molecular flexibility index (Phi) is 3.84. The fourth-order valence-electron chi connectivity index (χ4n) is 2.24. The van der Waals surface area contributed by atoms with E-state index in [2.05, 4.69) is 0 Å². The van der Waals surface area contributed by atoms with Crippen LogP contribution in [-0.4, -0.2) is 30.8 Å². The number of carboxylic acids is 1. The molecule has 0 spiro atoms. The van der Waals surface area contributed by atoms with Crippen molar-refractivity contribution in [1.82, 2.24) is 4.31 Å². The Labute approximate surface area is 132 Å². The first kappa shape index (κ1) is 15.3. The van der Waals surface area contributed by atoms with Gasteiger partial charge >= 0.3 is 5.97 Å². The van der Waals surface area contributed by atoms with E-state index >= 15 is 0 Å². The molecule has 8 heteroatoms. The number of hydrogen-bond donors (Lipinski definition) is 1. The summed E-state index contributed by atoms with van der Waals surface area (Å²) in [5.74, 6) is -0.721. The van der Waals surface area contributed by atoms with Crippen molar-refractivity contribution in [1.29, 1.82) is 0 Å². The van der Waals surface area contributed by atoms with E-state index in [1.165, 1.54) is 34.8 Å². The number of carbonyl (C=O) groups is 1. The summed E-state index contributed by atoms with van der Waals surface area (Å²) in [6, 6.07) is 4.67. The van der Waals surface area contributed by atoms with Crippen molar-refractivity contribution in [2.45, 2.75) is 29.5 Å². The van der Waals surface area contributed by atoms with E-state index in [0.717, 1.165) is 18.4 Å². The summed E-state index contributed by atoms with van der Waals surface area (Å²) in [6.07, 6.45) is 2.06. The zero-order chi connectivity index (χ0) is 15.9. The summed E-state index contributed by atoms with van der Waals surface area (Å²) in [4.78, 5) is 10.8. The van der Waals surface area contributed by atoms with Crippen molar-refractivity contribution in [2.75, 3.05) is 7.05 Å². The zero-order valence-corrected chi connectivity index (χ0v) is 13.5. The lowest BCUT2D eigenvalue weighted by Gasteiger charge is -2.16. The van der Waals surface area contributed by atoms with Gasteiger partial charge in [0.2, 0.25) is 5.76 Å². The molecular formula is C14H15NO5S2. The first-order chi connectivity index (χ1) is 10.4. The van der Waals surface area contributed by atoms with Gasteiger partial charge in [-0.2, -0.15) is 4.31 Å². The molecule has 1 N–H and O–H groups in total. The van der Waals surface area contributed by atoms with Crippen molar-refractivity contribution < 1.29 is 22.7 Å². The van der Waals surface area contributed by atoms with E-state index in [4.69, 9.17) is 9.52 Å². The van der Waals surface area contributed by atoms with Crippen LogP contribution in [-0.2, 0) is 16.6 Å². The minimum absolute atomic E-state index is 0.00236. The minimum Gasteiger partial charge on any atom is -0.475 e. The van der Waals surface area contributed by atoms with Crippen LogP contribution in [0.5, 0.6) is 0 Å². The summed E-state index contributed by atoms with van der Waals surface area (Å²) >= 11 is 1.22. The van der Waals surface area contributed by atoms with E-state index < -0.39 is 16.0 Å². The average Bonchev–Trinajstić information content (AvgIpc) is 3.00. The summed E-state index contributed by atoms with van der Waals surface area (Å²) < 4.78 is 32.0. The molecule has 1 aliphatic carbocycles. The topological polar surface area (TPSA) is 87.8 Å². The quantitative estimate of drug-likeness (QED) is 0.873. The fraction of sp³-hybridized carbons (Fsp3) is 0.357. The molecule has 2 aromatic rings. The van der Waals surface area contributed by atoms with Crippen molar-refractivity contribution in [2.24, 2.45) is 0 Å². The third-order valence-corrected chi connectivity index (χ3v) is 6.87. The smallest absolute Gasteiger partial charge is 0.371 e. The molecule has 0 aliphatic heterocycles. The van der Waals surface area contributed by atoms with Crippen LogP contribution in [0.15, 0.2) is 32.2 Å². The molecule has 0 amide bonds. The first-order valence-corrected chi connectivity index (χ1v) is 9.07. The molecule has 22 heavy (non-hydrogen) atoms. The van der Waals surface area contributed by atoms with Gasteiger partial charge in [0.15, 0.2) is 0 Å². The highest BCUT2D eigenvalue weighted by molar-refractivity contribution is 7.91. The van der Waals surface area contributed by atoms with Crippen LogP contribution >= 0.6 is 11.3 Å². The Hall–Kier alpha value is -1.64. The molecule has 2 heterocycles. The highest BCUT2D eigenvalue weighted by atomic mass is 32.2. The van der Waals surface area contributed by atoms with E-state index in [0.29, 0.717) is 15.9 Å². The van der Waals surface area contributed by atoms with Crippen LogP contribution in [0, 0.1) is 0 Å². The Morgan fingerprint density at radius 2 is 2.14 bits per heavy atom. The Bertz CT molecular complexity index is 801. The highest BCUT2D eigenvalue weighted by Gasteiger charge is 2.33. The van der Waals surface area contributed by atoms with Gasteiger partial charge in [0, 0.05) is 7.05 Å². The van der Waals surface area contributed by atoms with Gasteiger partial charge in [-0.15, -0.1) is 11.3 Å². The molecule has 0 aromatic carbocycles. The van der Waals surface area contributed by atoms with Crippen LogP contribution in [0.4, 0.5) is 0 Å². The normalized spacial score (nSPS) is 15.4. The number of sulfonamides is 1. The molecule has 6 nitrogen and oxygen atoms in total. The largest absolute Gasteiger partial charge is 0.475 e. The molecule has 0 radical (unpaired) electrons. The van der Waals surface area contributed by atoms with E-state index in [1.54, 1.807) is 5.38 Å². The predicted octanol–water partition coefficient (Wildman–Crippen LogP) is 2.74. The fourth-order valence-corrected chi connectivity index (χ4v) is 5.09. The molecule has 1 saturated carbocycles. The third kappa shape index (κ3) is 2.81. The number of hydrogen-bond acceptors (Lipinski definition) is 5. The molecule has 118 valence electrons. The number of furan rings is 1. The standard InChI is InChI=1S/C14H15NO5S2/c1-15(8-10-4-5-12(20-10)13(16)17)22(18,19)14-11(6-7-21-14)9-2-3-9/h4-7,9H,2-3,8H2,1H3,(H,16,17). The summed E-state index contributed by atoms with van der Waals surface area (Å²) in [7, 11) is -2.13. The molecule has 1 aliphatic rings. The van der Waals surface area contributed by atoms with Gasteiger partial charge in [-0.3, -0.25) is 0 Å². The lowest BCUT2D eigenvalue weighted by Crippen LogP contribution is -2.26. The number of nitrogens with zero attached hydrogens (tertiary/aromatic N) is 1. The number of aromatic carboxylic acids is 1. The zero-order valence-electron chi connectivity index (χ0n) is 11.9. The molecule has 0 bridgehead atoms. The maximum atomic E-state index is 12.7.